The van der Waals surface area contributed by atoms with Crippen molar-refractivity contribution in [3.05, 3.63) is 65.5 Å². The summed E-state index contributed by atoms with van der Waals surface area (Å²) in [4.78, 5) is 18.3. The van der Waals surface area contributed by atoms with Crippen LogP contribution >= 0.6 is 0 Å². The van der Waals surface area contributed by atoms with Crippen molar-refractivity contribution in [1.82, 2.24) is 20.3 Å². The van der Waals surface area contributed by atoms with E-state index in [1.54, 1.807) is 0 Å². The number of aryl methyl sites for hydroxylation is 1. The fourth-order valence-corrected chi connectivity index (χ4v) is 3.54. The van der Waals surface area contributed by atoms with E-state index in [1.165, 1.54) is 5.56 Å². The van der Waals surface area contributed by atoms with Crippen molar-refractivity contribution < 1.29 is 0 Å². The van der Waals surface area contributed by atoms with Gasteiger partial charge in [0.1, 0.15) is 5.82 Å². The van der Waals surface area contributed by atoms with Gasteiger partial charge < -0.3 is 0 Å². The Morgan fingerprint density at radius 3 is 2.74 bits per heavy atom. The van der Waals surface area contributed by atoms with Crippen molar-refractivity contribution in [2.75, 3.05) is 7.05 Å². The number of aromatic nitrogens is 3. The molecular formula is C22H29N5. The SMILES string of the molecule is CC/C=C\C(Cc1ccc(C)c(C2CCCC(c3ncccn3)N2)n1)=NC. The van der Waals surface area contributed by atoms with Gasteiger partial charge in [0.2, 0.25) is 0 Å². The molecule has 5 nitrogen and oxygen atoms in total. The number of hydrogen-bond acceptors (Lipinski definition) is 5. The van der Waals surface area contributed by atoms with E-state index in [0.29, 0.717) is 0 Å². The maximum atomic E-state index is 5.00. The molecule has 3 rings (SSSR count). The van der Waals surface area contributed by atoms with Crippen LogP contribution < -0.4 is 5.32 Å². The van der Waals surface area contributed by atoms with Crippen LogP contribution in [-0.4, -0.2) is 27.7 Å². The monoisotopic (exact) mass is 363 g/mol. The van der Waals surface area contributed by atoms with E-state index < -0.39 is 0 Å². The van der Waals surface area contributed by atoms with Gasteiger partial charge in [-0.25, -0.2) is 9.97 Å². The van der Waals surface area contributed by atoms with Gasteiger partial charge in [-0.1, -0.05) is 19.1 Å². The molecule has 1 aliphatic rings. The van der Waals surface area contributed by atoms with E-state index in [4.69, 9.17) is 4.98 Å². The van der Waals surface area contributed by atoms with E-state index in [1.807, 2.05) is 25.5 Å². The summed E-state index contributed by atoms with van der Waals surface area (Å²) in [5, 5.41) is 3.72. The van der Waals surface area contributed by atoms with Crippen LogP contribution in [0.4, 0.5) is 0 Å². The third kappa shape index (κ3) is 5.07. The first-order valence-corrected chi connectivity index (χ1v) is 9.82. The van der Waals surface area contributed by atoms with Gasteiger partial charge in [0.05, 0.1) is 17.8 Å². The number of allylic oxidation sites excluding steroid dienone is 2. The zero-order valence-corrected chi connectivity index (χ0v) is 16.5. The smallest absolute Gasteiger partial charge is 0.145 e. The molecule has 2 unspecified atom stereocenters. The highest BCUT2D eigenvalue weighted by molar-refractivity contribution is 5.96. The molecule has 0 radical (unpaired) electrons. The average Bonchev–Trinajstić information content (AvgIpc) is 2.73. The molecule has 5 heteroatoms. The Morgan fingerprint density at radius 2 is 2.00 bits per heavy atom. The minimum Gasteiger partial charge on any atom is -0.299 e. The molecular weight excluding hydrogens is 334 g/mol. The van der Waals surface area contributed by atoms with E-state index in [-0.39, 0.29) is 12.1 Å². The van der Waals surface area contributed by atoms with Crippen molar-refractivity contribution in [2.45, 2.75) is 58.0 Å². The molecule has 0 bridgehead atoms. The van der Waals surface area contributed by atoms with E-state index in [9.17, 15) is 0 Å². The second-order valence-corrected chi connectivity index (χ2v) is 7.02. The first-order valence-electron chi connectivity index (χ1n) is 9.82. The zero-order chi connectivity index (χ0) is 19.1. The third-order valence-corrected chi connectivity index (χ3v) is 5.00. The molecule has 1 saturated heterocycles. The lowest BCUT2D eigenvalue weighted by atomic mass is 9.93. The Hall–Kier alpha value is -2.40. The van der Waals surface area contributed by atoms with Crippen molar-refractivity contribution in [2.24, 2.45) is 4.99 Å². The fourth-order valence-electron chi connectivity index (χ4n) is 3.54. The summed E-state index contributed by atoms with van der Waals surface area (Å²) in [5.74, 6) is 0.876. The van der Waals surface area contributed by atoms with Crippen LogP contribution in [0.2, 0.25) is 0 Å². The summed E-state index contributed by atoms with van der Waals surface area (Å²) in [6, 6.07) is 6.58. The summed E-state index contributed by atoms with van der Waals surface area (Å²) in [5.41, 5.74) is 4.50. The molecule has 1 fully saturated rings. The van der Waals surface area contributed by atoms with Gasteiger partial charge in [-0.2, -0.15) is 0 Å². The number of pyridine rings is 1. The maximum Gasteiger partial charge on any atom is 0.145 e. The zero-order valence-electron chi connectivity index (χ0n) is 16.5. The molecule has 0 aliphatic carbocycles. The van der Waals surface area contributed by atoms with Gasteiger partial charge in [0, 0.05) is 37.3 Å². The predicted octanol–water partition coefficient (Wildman–Crippen LogP) is 4.32. The Balaban J connectivity index is 1.78. The number of nitrogens with zero attached hydrogens (tertiary/aromatic N) is 4. The number of rotatable bonds is 6. The maximum absolute atomic E-state index is 5.00. The topological polar surface area (TPSA) is 63.1 Å². The first kappa shape index (κ1) is 19.4. The highest BCUT2D eigenvalue weighted by Gasteiger charge is 2.26. The molecule has 0 amide bonds. The van der Waals surface area contributed by atoms with Crippen LogP contribution in [0.5, 0.6) is 0 Å². The Labute approximate surface area is 162 Å². The molecule has 27 heavy (non-hydrogen) atoms. The molecule has 0 aromatic carbocycles. The van der Waals surface area contributed by atoms with Gasteiger partial charge >= 0.3 is 0 Å². The van der Waals surface area contributed by atoms with Gasteiger partial charge in [-0.05, 0) is 56.4 Å². The predicted molar refractivity (Wildman–Crippen MR) is 110 cm³/mol. The van der Waals surface area contributed by atoms with Gasteiger partial charge in [0.25, 0.3) is 0 Å². The van der Waals surface area contributed by atoms with Crippen LogP contribution in [0.25, 0.3) is 0 Å². The van der Waals surface area contributed by atoms with Crippen LogP contribution in [0.15, 0.2) is 47.7 Å². The number of piperidine rings is 1. The van der Waals surface area contributed by atoms with E-state index in [0.717, 1.165) is 55.0 Å². The van der Waals surface area contributed by atoms with Crippen LogP contribution in [0.1, 0.15) is 67.5 Å². The number of hydrogen-bond donors (Lipinski definition) is 1. The Morgan fingerprint density at radius 1 is 1.22 bits per heavy atom. The molecule has 142 valence electrons. The normalized spacial score (nSPS) is 20.9. The summed E-state index contributed by atoms with van der Waals surface area (Å²) < 4.78 is 0. The quantitative estimate of drug-likeness (QED) is 0.777. The molecule has 0 spiro atoms. The average molecular weight is 364 g/mol. The number of nitrogens with one attached hydrogen (secondary N) is 1. The summed E-state index contributed by atoms with van der Waals surface area (Å²) in [6.07, 6.45) is 12.9. The summed E-state index contributed by atoms with van der Waals surface area (Å²) in [6.45, 7) is 4.27. The van der Waals surface area contributed by atoms with E-state index in [2.05, 4.69) is 58.4 Å². The minimum absolute atomic E-state index is 0.190. The van der Waals surface area contributed by atoms with Gasteiger partial charge in [-0.15, -0.1) is 0 Å². The van der Waals surface area contributed by atoms with Crippen molar-refractivity contribution in [3.8, 4) is 0 Å². The van der Waals surface area contributed by atoms with Crippen molar-refractivity contribution >= 4 is 5.71 Å². The molecule has 1 aliphatic heterocycles. The summed E-state index contributed by atoms with van der Waals surface area (Å²) in [7, 11) is 1.84. The fraction of sp³-hybridized carbons (Fsp3) is 0.455. The summed E-state index contributed by atoms with van der Waals surface area (Å²) >= 11 is 0. The molecule has 1 N–H and O–H groups in total. The first-order chi connectivity index (χ1) is 13.2. The van der Waals surface area contributed by atoms with Gasteiger partial charge in [0.15, 0.2) is 0 Å². The molecule has 3 heterocycles. The second kappa shape index (κ2) is 9.51. The highest BCUT2D eigenvalue weighted by Crippen LogP contribution is 2.31. The van der Waals surface area contributed by atoms with E-state index >= 15 is 0 Å². The van der Waals surface area contributed by atoms with Crippen molar-refractivity contribution in [1.29, 1.82) is 0 Å². The highest BCUT2D eigenvalue weighted by atomic mass is 15.0. The van der Waals surface area contributed by atoms with Crippen molar-refractivity contribution in [3.63, 3.8) is 0 Å². The minimum atomic E-state index is 0.190. The van der Waals surface area contributed by atoms with Gasteiger partial charge in [-0.3, -0.25) is 15.3 Å². The third-order valence-electron chi connectivity index (χ3n) is 5.00. The second-order valence-electron chi connectivity index (χ2n) is 7.02. The lowest BCUT2D eigenvalue weighted by Gasteiger charge is -2.30. The lowest BCUT2D eigenvalue weighted by Crippen LogP contribution is -2.33. The lowest BCUT2D eigenvalue weighted by molar-refractivity contribution is 0.315. The molecule has 2 aromatic heterocycles. The molecule has 0 saturated carbocycles. The van der Waals surface area contributed by atoms with Crippen LogP contribution in [-0.2, 0) is 6.42 Å². The number of aliphatic imine (C=N–C) groups is 1. The molecule has 2 aromatic rings. The Bertz CT molecular complexity index is 798. The Kier molecular flexibility index (Phi) is 6.82. The largest absolute Gasteiger partial charge is 0.299 e. The van der Waals surface area contributed by atoms with Crippen LogP contribution in [0.3, 0.4) is 0 Å². The molecule has 2 atom stereocenters. The van der Waals surface area contributed by atoms with Crippen LogP contribution in [0, 0.1) is 6.92 Å². The standard InChI is InChI=1S/C22H29N5/c1-4-5-8-17(23-3)15-18-12-11-16(2)21(26-18)19-9-6-10-20(27-19)22-24-13-7-14-25-22/h5,7-8,11-14,19-20,27H,4,6,9-10,15H2,1-3H3/b8-5-,23-17?.